The number of carbonyl (C=O) groups is 2. The number of rotatable bonds is 26. The zero-order chi connectivity index (χ0) is 30.6. The second-order valence-electron chi connectivity index (χ2n) is 13.4. The predicted molar refractivity (Wildman–Crippen MR) is 167 cm³/mol. The molecule has 0 saturated carbocycles. The Balaban J connectivity index is 1.43. The average molecular weight is 597 g/mol. The van der Waals surface area contributed by atoms with Crippen molar-refractivity contribution in [3.05, 3.63) is 0 Å². The number of Topliss-reactive ketones (excluding diaryl/α,β-unsaturated/α-hetero) is 1. The molecule has 2 heterocycles. The molecule has 0 bridgehead atoms. The van der Waals surface area contributed by atoms with E-state index >= 15 is 0 Å². The molecule has 2 rings (SSSR count). The van der Waals surface area contributed by atoms with E-state index in [1.54, 1.807) is 0 Å². The summed E-state index contributed by atoms with van der Waals surface area (Å²) in [5.74, 6) is -0.489. The van der Waals surface area contributed by atoms with Crippen LogP contribution in [0.5, 0.6) is 0 Å². The summed E-state index contributed by atoms with van der Waals surface area (Å²) in [7, 11) is 0. The van der Waals surface area contributed by atoms with Crippen molar-refractivity contribution in [2.45, 2.75) is 205 Å². The first-order valence-corrected chi connectivity index (χ1v) is 17.7. The molecule has 7 atom stereocenters. The van der Waals surface area contributed by atoms with E-state index < -0.39 is 18.3 Å². The van der Waals surface area contributed by atoms with Gasteiger partial charge in [0.05, 0.1) is 36.4 Å². The van der Waals surface area contributed by atoms with Crippen LogP contribution in [0.4, 0.5) is 0 Å². The summed E-state index contributed by atoms with van der Waals surface area (Å²) in [6.07, 6.45) is 22.2. The smallest absolute Gasteiger partial charge is 0.309 e. The number of ketones is 1. The Hall–Kier alpha value is -1.02. The molecule has 0 aromatic carbocycles. The van der Waals surface area contributed by atoms with Crippen LogP contribution in [0.3, 0.4) is 0 Å². The van der Waals surface area contributed by atoms with Crippen LogP contribution in [0.15, 0.2) is 0 Å². The van der Waals surface area contributed by atoms with Crippen LogP contribution in [0.1, 0.15) is 168 Å². The molecule has 0 amide bonds. The quantitative estimate of drug-likeness (QED) is 0.0707. The first kappa shape index (κ1) is 37.2. The fourth-order valence-electron chi connectivity index (χ4n) is 6.67. The molecule has 0 spiro atoms. The van der Waals surface area contributed by atoms with Gasteiger partial charge in [0.2, 0.25) is 0 Å². The molecule has 7 nitrogen and oxygen atoms in total. The molecule has 7 heteroatoms. The molecule has 0 aromatic rings. The average Bonchev–Trinajstić information content (AvgIpc) is 3.59. The van der Waals surface area contributed by atoms with E-state index in [9.17, 15) is 24.9 Å². The lowest BCUT2D eigenvalue weighted by Crippen LogP contribution is -2.31. The topological polar surface area (TPSA) is 113 Å². The Morgan fingerprint density at radius 3 is 1.86 bits per heavy atom. The van der Waals surface area contributed by atoms with Crippen molar-refractivity contribution in [3.8, 4) is 0 Å². The van der Waals surface area contributed by atoms with Crippen molar-refractivity contribution in [2.24, 2.45) is 5.92 Å². The number of cyclic esters (lactones) is 1. The highest BCUT2D eigenvalue weighted by molar-refractivity contribution is 5.83. The summed E-state index contributed by atoms with van der Waals surface area (Å²) in [6.45, 7) is 3.77. The van der Waals surface area contributed by atoms with Gasteiger partial charge in [-0.1, -0.05) is 96.8 Å². The van der Waals surface area contributed by atoms with Crippen LogP contribution in [-0.2, 0) is 19.1 Å². The molecule has 3 N–H and O–H groups in total. The second kappa shape index (κ2) is 22.5. The highest BCUT2D eigenvalue weighted by Gasteiger charge is 2.35. The minimum Gasteiger partial charge on any atom is -0.462 e. The Kier molecular flexibility index (Phi) is 19.9. The SMILES string of the molecule is CCCCCCCCCCCCCC[C@@H](O)[C@H]1CC[C@H]([C@H](O)CC[C@H](O)CCCCC[C@@H]2CC(CC(C)=O)C(=O)O2)O1. The molecular weight excluding hydrogens is 532 g/mol. The third-order valence-electron chi connectivity index (χ3n) is 9.35. The van der Waals surface area contributed by atoms with E-state index in [1.807, 2.05) is 0 Å². The van der Waals surface area contributed by atoms with Crippen molar-refractivity contribution >= 4 is 11.8 Å². The van der Waals surface area contributed by atoms with Crippen molar-refractivity contribution in [2.75, 3.05) is 0 Å². The number of hydrogen-bond donors (Lipinski definition) is 3. The highest BCUT2D eigenvalue weighted by Crippen LogP contribution is 2.29. The standard InChI is InChI=1S/C35H64O7/c1-3-4-5-6-7-8-9-10-11-12-13-17-20-31(38)33-23-24-34(42-33)32(39)22-21-29(37)18-15-14-16-19-30-26-28(25-27(2)36)35(40)41-30/h28-34,37-39H,3-26H2,1-2H3/t28?,29-,30-,31-,32-,33-,34-/m1/s1. The first-order chi connectivity index (χ1) is 20.3. The fourth-order valence-corrected chi connectivity index (χ4v) is 6.67. The van der Waals surface area contributed by atoms with Crippen LogP contribution in [0.25, 0.3) is 0 Å². The molecule has 0 radical (unpaired) electrons. The number of hydrogen-bond acceptors (Lipinski definition) is 7. The van der Waals surface area contributed by atoms with E-state index in [0.29, 0.717) is 25.7 Å². The largest absolute Gasteiger partial charge is 0.462 e. The van der Waals surface area contributed by atoms with Gasteiger partial charge in [-0.25, -0.2) is 0 Å². The van der Waals surface area contributed by atoms with E-state index in [-0.39, 0.29) is 42.4 Å². The summed E-state index contributed by atoms with van der Waals surface area (Å²) >= 11 is 0. The third kappa shape index (κ3) is 16.2. The van der Waals surface area contributed by atoms with Gasteiger partial charge in [-0.3, -0.25) is 4.79 Å². The van der Waals surface area contributed by atoms with Gasteiger partial charge in [-0.05, 0) is 64.7 Å². The molecule has 246 valence electrons. The maximum atomic E-state index is 11.8. The monoisotopic (exact) mass is 596 g/mol. The zero-order valence-corrected chi connectivity index (χ0v) is 27.0. The summed E-state index contributed by atoms with van der Waals surface area (Å²) in [5.41, 5.74) is 0. The number of carbonyl (C=O) groups excluding carboxylic acids is 2. The molecule has 2 fully saturated rings. The van der Waals surface area contributed by atoms with Crippen LogP contribution < -0.4 is 0 Å². The first-order valence-electron chi connectivity index (χ1n) is 17.7. The molecule has 2 aliphatic heterocycles. The molecule has 2 saturated heterocycles. The molecule has 0 aliphatic carbocycles. The normalized spacial score (nSPS) is 24.5. The molecule has 2 aliphatic rings. The predicted octanol–water partition coefficient (Wildman–Crippen LogP) is 7.35. The van der Waals surface area contributed by atoms with Crippen LogP contribution in [0.2, 0.25) is 0 Å². The van der Waals surface area contributed by atoms with Gasteiger partial charge in [0.15, 0.2) is 0 Å². The summed E-state index contributed by atoms with van der Waals surface area (Å²) < 4.78 is 11.4. The van der Waals surface area contributed by atoms with Crippen LogP contribution in [0, 0.1) is 5.92 Å². The van der Waals surface area contributed by atoms with E-state index in [1.165, 1.54) is 77.6 Å². The van der Waals surface area contributed by atoms with Crippen LogP contribution >= 0.6 is 0 Å². The maximum absolute atomic E-state index is 11.8. The highest BCUT2D eigenvalue weighted by atomic mass is 16.6. The Morgan fingerprint density at radius 1 is 0.738 bits per heavy atom. The summed E-state index contributed by atoms with van der Waals surface area (Å²) in [4.78, 5) is 23.1. The van der Waals surface area contributed by atoms with Gasteiger partial charge in [0, 0.05) is 6.42 Å². The molecule has 1 unspecified atom stereocenters. The van der Waals surface area contributed by atoms with Crippen LogP contribution in [-0.4, -0.2) is 63.7 Å². The number of aliphatic hydroxyl groups excluding tert-OH is 3. The van der Waals surface area contributed by atoms with Gasteiger partial charge < -0.3 is 29.6 Å². The fraction of sp³-hybridized carbons (Fsp3) is 0.943. The Labute approximate surface area is 256 Å². The van der Waals surface area contributed by atoms with E-state index in [2.05, 4.69) is 6.92 Å². The van der Waals surface area contributed by atoms with Gasteiger partial charge >= 0.3 is 5.97 Å². The lowest BCUT2D eigenvalue weighted by molar-refractivity contribution is -0.145. The van der Waals surface area contributed by atoms with E-state index in [4.69, 9.17) is 9.47 Å². The van der Waals surface area contributed by atoms with Crippen molar-refractivity contribution < 1.29 is 34.4 Å². The van der Waals surface area contributed by atoms with Gasteiger partial charge in [0.25, 0.3) is 0 Å². The molecule has 42 heavy (non-hydrogen) atoms. The van der Waals surface area contributed by atoms with Crippen molar-refractivity contribution in [1.29, 1.82) is 0 Å². The number of unbranched alkanes of at least 4 members (excludes halogenated alkanes) is 13. The second-order valence-corrected chi connectivity index (χ2v) is 13.4. The minimum absolute atomic E-state index is 0.0265. The maximum Gasteiger partial charge on any atom is 0.309 e. The van der Waals surface area contributed by atoms with Gasteiger partial charge in [0.1, 0.15) is 11.9 Å². The summed E-state index contributed by atoms with van der Waals surface area (Å²) in [6, 6.07) is 0. The lowest BCUT2D eigenvalue weighted by atomic mass is 9.96. The van der Waals surface area contributed by atoms with Gasteiger partial charge in [-0.15, -0.1) is 0 Å². The van der Waals surface area contributed by atoms with Crippen molar-refractivity contribution in [1.82, 2.24) is 0 Å². The van der Waals surface area contributed by atoms with Crippen molar-refractivity contribution in [3.63, 3.8) is 0 Å². The number of ether oxygens (including phenoxy) is 2. The summed E-state index contributed by atoms with van der Waals surface area (Å²) in [5, 5.41) is 31.6. The third-order valence-corrected chi connectivity index (χ3v) is 9.35. The van der Waals surface area contributed by atoms with Gasteiger partial charge in [-0.2, -0.15) is 0 Å². The van der Waals surface area contributed by atoms with E-state index in [0.717, 1.165) is 51.4 Å². The zero-order valence-electron chi connectivity index (χ0n) is 27.0. The molecule has 0 aromatic heterocycles. The lowest BCUT2D eigenvalue weighted by Gasteiger charge is -2.23. The molecular formula is C35H64O7. The minimum atomic E-state index is -0.608. The number of aliphatic hydroxyl groups is 3. The Bertz CT molecular complexity index is 713. The number of esters is 1. The Morgan fingerprint density at radius 2 is 1.26 bits per heavy atom.